The number of carbonyl (C=O) groups excluding carboxylic acids is 2. The number of carbonyl (C=O) groups is 2. The summed E-state index contributed by atoms with van der Waals surface area (Å²) in [4.78, 5) is 22.6. The first-order valence-electron chi connectivity index (χ1n) is 5.38. The van der Waals surface area contributed by atoms with Gasteiger partial charge in [-0.25, -0.2) is 0 Å². The molecule has 0 spiro atoms. The third-order valence-corrected chi connectivity index (χ3v) is 2.44. The minimum atomic E-state index is -0.577. The quantitative estimate of drug-likeness (QED) is 0.716. The van der Waals surface area contributed by atoms with Gasteiger partial charge < -0.3 is 16.8 Å². The van der Waals surface area contributed by atoms with Gasteiger partial charge in [0.1, 0.15) is 0 Å². The number of primary amides is 1. The summed E-state index contributed by atoms with van der Waals surface area (Å²) < 4.78 is 0. The maximum atomic E-state index is 11.7. The Morgan fingerprint density at radius 3 is 2.47 bits per heavy atom. The molecule has 1 aromatic carbocycles. The zero-order chi connectivity index (χ0) is 13.0. The van der Waals surface area contributed by atoms with Gasteiger partial charge in [0, 0.05) is 11.3 Å². The van der Waals surface area contributed by atoms with Crippen molar-refractivity contribution in [3.05, 3.63) is 29.8 Å². The molecule has 0 aliphatic carbocycles. The van der Waals surface area contributed by atoms with E-state index in [-0.39, 0.29) is 11.8 Å². The van der Waals surface area contributed by atoms with Gasteiger partial charge in [0.25, 0.3) is 0 Å². The van der Waals surface area contributed by atoms with Crippen molar-refractivity contribution in [3.63, 3.8) is 0 Å². The van der Waals surface area contributed by atoms with Crippen LogP contribution in [0.25, 0.3) is 0 Å². The molecule has 5 nitrogen and oxygen atoms in total. The summed E-state index contributed by atoms with van der Waals surface area (Å²) in [6.45, 7) is 3.73. The van der Waals surface area contributed by atoms with Crippen molar-refractivity contribution in [3.8, 4) is 0 Å². The highest BCUT2D eigenvalue weighted by molar-refractivity contribution is 5.97. The zero-order valence-electron chi connectivity index (χ0n) is 9.94. The molecule has 5 N–H and O–H groups in total. The van der Waals surface area contributed by atoms with Gasteiger partial charge in [0.2, 0.25) is 11.8 Å². The van der Waals surface area contributed by atoms with Gasteiger partial charge in [-0.1, -0.05) is 19.9 Å². The molecule has 0 heterocycles. The van der Waals surface area contributed by atoms with E-state index in [0.717, 1.165) is 0 Å². The molecule has 5 heteroatoms. The number of rotatable bonds is 4. The molecular formula is C12H17N3O2. The van der Waals surface area contributed by atoms with E-state index in [9.17, 15) is 9.59 Å². The minimum Gasteiger partial charge on any atom is -0.366 e. The monoisotopic (exact) mass is 235 g/mol. The lowest BCUT2D eigenvalue weighted by Crippen LogP contribution is -2.39. The van der Waals surface area contributed by atoms with Crippen LogP contribution in [-0.4, -0.2) is 17.9 Å². The molecule has 0 saturated carbocycles. The van der Waals surface area contributed by atoms with E-state index in [1.807, 2.05) is 13.8 Å². The van der Waals surface area contributed by atoms with Crippen LogP contribution < -0.4 is 16.8 Å². The molecule has 0 radical (unpaired) electrons. The highest BCUT2D eigenvalue weighted by atomic mass is 16.2. The Balaban J connectivity index is 2.78. The first kappa shape index (κ1) is 13.2. The van der Waals surface area contributed by atoms with Crippen molar-refractivity contribution < 1.29 is 9.59 Å². The summed E-state index contributed by atoms with van der Waals surface area (Å²) in [7, 11) is 0. The standard InChI is InChI=1S/C12H17N3O2/c1-7(2)10(13)12(17)15-9-5-3-4-8(6-9)11(14)16/h3-7,10H,13H2,1-2H3,(H2,14,16)(H,15,17)/t10-/m1/s1. The van der Waals surface area contributed by atoms with E-state index in [2.05, 4.69) is 5.32 Å². The maximum Gasteiger partial charge on any atom is 0.248 e. The molecule has 1 atom stereocenters. The van der Waals surface area contributed by atoms with E-state index in [1.54, 1.807) is 18.2 Å². The Bertz CT molecular complexity index is 430. The molecule has 0 aliphatic heterocycles. The highest BCUT2D eigenvalue weighted by Crippen LogP contribution is 2.11. The SMILES string of the molecule is CC(C)[C@@H](N)C(=O)Nc1cccc(C(N)=O)c1. The zero-order valence-corrected chi connectivity index (χ0v) is 9.94. The Kier molecular flexibility index (Phi) is 4.23. The maximum absolute atomic E-state index is 11.7. The predicted octanol–water partition coefficient (Wildman–Crippen LogP) is 0.707. The minimum absolute atomic E-state index is 0.0503. The molecule has 92 valence electrons. The summed E-state index contributed by atoms with van der Waals surface area (Å²) in [6, 6.07) is 5.86. The van der Waals surface area contributed by atoms with Crippen LogP contribution in [0.3, 0.4) is 0 Å². The van der Waals surface area contributed by atoms with Crippen LogP contribution in [-0.2, 0) is 4.79 Å². The fourth-order valence-electron chi connectivity index (χ4n) is 1.28. The number of nitrogens with one attached hydrogen (secondary N) is 1. The van der Waals surface area contributed by atoms with Crippen LogP contribution in [0, 0.1) is 5.92 Å². The first-order valence-corrected chi connectivity index (χ1v) is 5.38. The fraction of sp³-hybridized carbons (Fsp3) is 0.333. The lowest BCUT2D eigenvalue weighted by Gasteiger charge is -2.15. The summed E-state index contributed by atoms with van der Waals surface area (Å²) >= 11 is 0. The Morgan fingerprint density at radius 2 is 1.94 bits per heavy atom. The predicted molar refractivity (Wildman–Crippen MR) is 66.4 cm³/mol. The summed E-state index contributed by atoms with van der Waals surface area (Å²) in [5, 5.41) is 2.65. The molecule has 0 unspecified atom stereocenters. The van der Waals surface area contributed by atoms with Crippen LogP contribution in [0.2, 0.25) is 0 Å². The summed E-state index contributed by atoms with van der Waals surface area (Å²) in [6.07, 6.45) is 0. The Morgan fingerprint density at radius 1 is 1.29 bits per heavy atom. The topological polar surface area (TPSA) is 98.2 Å². The van der Waals surface area contributed by atoms with Gasteiger partial charge in [-0.15, -0.1) is 0 Å². The number of anilines is 1. The largest absolute Gasteiger partial charge is 0.366 e. The second-order valence-electron chi connectivity index (χ2n) is 4.20. The van der Waals surface area contributed by atoms with Gasteiger partial charge in [0.05, 0.1) is 6.04 Å². The van der Waals surface area contributed by atoms with Gasteiger partial charge in [-0.3, -0.25) is 9.59 Å². The smallest absolute Gasteiger partial charge is 0.248 e. The van der Waals surface area contributed by atoms with Crippen LogP contribution >= 0.6 is 0 Å². The van der Waals surface area contributed by atoms with Crippen LogP contribution in [0.5, 0.6) is 0 Å². The van der Waals surface area contributed by atoms with Crippen molar-refractivity contribution >= 4 is 17.5 Å². The van der Waals surface area contributed by atoms with Crippen molar-refractivity contribution in [2.75, 3.05) is 5.32 Å². The van der Waals surface area contributed by atoms with E-state index >= 15 is 0 Å². The second-order valence-corrected chi connectivity index (χ2v) is 4.20. The molecule has 1 aromatic rings. The molecular weight excluding hydrogens is 218 g/mol. The molecule has 2 amide bonds. The van der Waals surface area contributed by atoms with Crippen LogP contribution in [0.15, 0.2) is 24.3 Å². The average molecular weight is 235 g/mol. The van der Waals surface area contributed by atoms with Gasteiger partial charge >= 0.3 is 0 Å². The highest BCUT2D eigenvalue weighted by Gasteiger charge is 2.17. The third-order valence-electron chi connectivity index (χ3n) is 2.44. The van der Waals surface area contributed by atoms with E-state index in [4.69, 9.17) is 11.5 Å². The van der Waals surface area contributed by atoms with Crippen molar-refractivity contribution in [1.82, 2.24) is 0 Å². The third kappa shape index (κ3) is 3.57. The van der Waals surface area contributed by atoms with Gasteiger partial charge in [-0.05, 0) is 24.1 Å². The van der Waals surface area contributed by atoms with E-state index in [0.29, 0.717) is 11.3 Å². The molecule has 17 heavy (non-hydrogen) atoms. The Labute approximate surface area is 100 Å². The van der Waals surface area contributed by atoms with Crippen LogP contribution in [0.1, 0.15) is 24.2 Å². The van der Waals surface area contributed by atoms with Crippen LogP contribution in [0.4, 0.5) is 5.69 Å². The Hall–Kier alpha value is -1.88. The fourth-order valence-corrected chi connectivity index (χ4v) is 1.28. The molecule has 0 bridgehead atoms. The lowest BCUT2D eigenvalue weighted by atomic mass is 10.0. The second kappa shape index (κ2) is 5.45. The number of amides is 2. The molecule has 0 aliphatic rings. The number of nitrogens with two attached hydrogens (primary N) is 2. The molecule has 1 rings (SSSR count). The van der Waals surface area contributed by atoms with Crippen molar-refractivity contribution in [2.24, 2.45) is 17.4 Å². The molecule has 0 aromatic heterocycles. The average Bonchev–Trinajstić information content (AvgIpc) is 2.28. The first-order chi connectivity index (χ1) is 7.91. The lowest BCUT2D eigenvalue weighted by molar-refractivity contribution is -0.118. The molecule has 0 fully saturated rings. The molecule has 0 saturated heterocycles. The number of hydrogen-bond acceptors (Lipinski definition) is 3. The van der Waals surface area contributed by atoms with E-state index in [1.165, 1.54) is 6.07 Å². The van der Waals surface area contributed by atoms with Crippen molar-refractivity contribution in [1.29, 1.82) is 0 Å². The summed E-state index contributed by atoms with van der Waals surface area (Å²) in [5.41, 5.74) is 11.7. The summed E-state index contributed by atoms with van der Waals surface area (Å²) in [5.74, 6) is -0.759. The van der Waals surface area contributed by atoms with Gasteiger partial charge in [0.15, 0.2) is 0 Å². The normalized spacial score (nSPS) is 12.2. The number of benzene rings is 1. The van der Waals surface area contributed by atoms with Gasteiger partial charge in [-0.2, -0.15) is 0 Å². The van der Waals surface area contributed by atoms with Crippen molar-refractivity contribution in [2.45, 2.75) is 19.9 Å². The number of hydrogen-bond donors (Lipinski definition) is 3. The van der Waals surface area contributed by atoms with E-state index < -0.39 is 11.9 Å².